The highest BCUT2D eigenvalue weighted by molar-refractivity contribution is 5.57. The Balaban J connectivity index is 2.58. The Hall–Kier alpha value is -0.730. The van der Waals surface area contributed by atoms with E-state index in [1.165, 1.54) is 32.1 Å². The fourth-order valence-electron chi connectivity index (χ4n) is 2.38. The minimum atomic E-state index is 0.331. The molecule has 0 radical (unpaired) electrons. The Kier molecular flexibility index (Phi) is 5.97. The number of hydrazone groups is 1. The topological polar surface area (TPSA) is 18.8 Å². The third kappa shape index (κ3) is 4.87. The first-order valence-corrected chi connectivity index (χ1v) is 7.54. The minimum Gasteiger partial charge on any atom is -0.339 e. The summed E-state index contributed by atoms with van der Waals surface area (Å²) in [6.45, 7) is 13.6. The minimum absolute atomic E-state index is 0.331. The molecule has 0 aromatic rings. The van der Waals surface area contributed by atoms with E-state index in [0.29, 0.717) is 11.6 Å². The van der Waals surface area contributed by atoms with Crippen molar-refractivity contribution < 1.29 is 0 Å². The van der Waals surface area contributed by atoms with E-state index in [1.807, 2.05) is 0 Å². The molecular weight excluding hydrogens is 222 g/mol. The van der Waals surface area contributed by atoms with Crippen LogP contribution in [0.2, 0.25) is 0 Å². The van der Waals surface area contributed by atoms with Crippen molar-refractivity contribution in [3.8, 4) is 0 Å². The third-order valence-electron chi connectivity index (χ3n) is 3.29. The molecule has 3 heteroatoms. The molecule has 0 N–H and O–H groups in total. The maximum atomic E-state index is 4.61. The Bertz CT molecular complexity index is 255. The molecule has 0 aromatic heterocycles. The summed E-state index contributed by atoms with van der Waals surface area (Å²) in [7, 11) is 0. The summed E-state index contributed by atoms with van der Waals surface area (Å²) in [4.78, 5) is 2.44. The first kappa shape index (κ1) is 15.3. The van der Waals surface area contributed by atoms with E-state index in [-0.39, 0.29) is 0 Å². The molecule has 1 heterocycles. The first-order valence-electron chi connectivity index (χ1n) is 7.54. The van der Waals surface area contributed by atoms with E-state index in [2.05, 4.69) is 56.0 Å². The average molecular weight is 253 g/mol. The zero-order chi connectivity index (χ0) is 13.6. The molecule has 0 spiro atoms. The van der Waals surface area contributed by atoms with Gasteiger partial charge in [0.1, 0.15) is 12.5 Å². The number of hydrogen-bond donors (Lipinski definition) is 0. The molecule has 1 aliphatic heterocycles. The summed E-state index contributed by atoms with van der Waals surface area (Å²) >= 11 is 0. The smallest absolute Gasteiger partial charge is 0.119 e. The number of hydrogen-bond acceptors (Lipinski definition) is 3. The lowest BCUT2D eigenvalue weighted by atomic mass is 9.96. The summed E-state index contributed by atoms with van der Waals surface area (Å²) in [6, 6.07) is 0. The van der Waals surface area contributed by atoms with E-state index < -0.39 is 0 Å². The van der Waals surface area contributed by atoms with Gasteiger partial charge in [-0.05, 0) is 24.7 Å². The van der Waals surface area contributed by atoms with E-state index in [4.69, 9.17) is 0 Å². The molecule has 1 atom stereocenters. The van der Waals surface area contributed by atoms with Crippen LogP contribution in [-0.4, -0.2) is 35.5 Å². The van der Waals surface area contributed by atoms with Gasteiger partial charge in [-0.15, -0.1) is 0 Å². The molecule has 0 fully saturated rings. The van der Waals surface area contributed by atoms with Crippen LogP contribution in [0.15, 0.2) is 5.10 Å². The Labute approximate surface area is 113 Å². The van der Waals surface area contributed by atoms with Crippen molar-refractivity contribution in [1.29, 1.82) is 0 Å². The molecule has 1 aliphatic rings. The van der Waals surface area contributed by atoms with Gasteiger partial charge >= 0.3 is 0 Å². The second-order valence-corrected chi connectivity index (χ2v) is 6.60. The second-order valence-electron chi connectivity index (χ2n) is 6.60. The molecule has 0 aliphatic carbocycles. The van der Waals surface area contributed by atoms with E-state index >= 15 is 0 Å². The van der Waals surface area contributed by atoms with Crippen LogP contribution in [0, 0.1) is 5.41 Å². The van der Waals surface area contributed by atoms with Crippen LogP contribution < -0.4 is 0 Å². The molecular formula is C15H31N3. The van der Waals surface area contributed by atoms with Gasteiger partial charge < -0.3 is 4.90 Å². The van der Waals surface area contributed by atoms with E-state index in [1.54, 1.807) is 0 Å². The first-order chi connectivity index (χ1) is 8.48. The second kappa shape index (κ2) is 7.01. The normalized spacial score (nSPS) is 19.9. The quantitative estimate of drug-likeness (QED) is 0.685. The number of nitrogens with zero attached hydrogens (tertiary/aromatic N) is 3. The molecule has 1 unspecified atom stereocenters. The van der Waals surface area contributed by atoms with Crippen LogP contribution in [0.4, 0.5) is 0 Å². The van der Waals surface area contributed by atoms with Gasteiger partial charge in [-0.25, -0.2) is 0 Å². The monoisotopic (exact) mass is 253 g/mol. The predicted molar refractivity (Wildman–Crippen MR) is 79.6 cm³/mol. The Morgan fingerprint density at radius 1 is 1.11 bits per heavy atom. The van der Waals surface area contributed by atoms with Gasteiger partial charge in [-0.3, -0.25) is 5.01 Å². The Morgan fingerprint density at radius 3 is 2.33 bits per heavy atom. The standard InChI is InChI=1S/C15H31N3/c1-6-8-10-14-17(12-15(3,4)5)13-16-18(14)11-9-7-2/h13-14H,6-12H2,1-5H3. The summed E-state index contributed by atoms with van der Waals surface area (Å²) in [5.74, 6) is 0. The van der Waals surface area contributed by atoms with Crippen molar-refractivity contribution in [2.75, 3.05) is 13.1 Å². The van der Waals surface area contributed by atoms with Crippen LogP contribution in [0.3, 0.4) is 0 Å². The summed E-state index contributed by atoms with van der Waals surface area (Å²) < 4.78 is 0. The van der Waals surface area contributed by atoms with Gasteiger partial charge in [0.25, 0.3) is 0 Å². The fourth-order valence-corrected chi connectivity index (χ4v) is 2.38. The van der Waals surface area contributed by atoms with Crippen molar-refractivity contribution in [3.05, 3.63) is 0 Å². The zero-order valence-electron chi connectivity index (χ0n) is 12.9. The zero-order valence-corrected chi connectivity index (χ0v) is 12.9. The third-order valence-corrected chi connectivity index (χ3v) is 3.29. The molecule has 1 rings (SSSR count). The lowest BCUT2D eigenvalue weighted by Gasteiger charge is -2.34. The molecule has 0 aromatic carbocycles. The lowest BCUT2D eigenvalue weighted by Crippen LogP contribution is -2.43. The summed E-state index contributed by atoms with van der Waals surface area (Å²) in [6.07, 6.45) is 8.82. The average Bonchev–Trinajstić information content (AvgIpc) is 2.64. The van der Waals surface area contributed by atoms with Crippen LogP contribution in [-0.2, 0) is 0 Å². The van der Waals surface area contributed by atoms with Crippen molar-refractivity contribution in [2.45, 2.75) is 72.9 Å². The summed E-state index contributed by atoms with van der Waals surface area (Å²) in [5.41, 5.74) is 0.331. The molecule has 3 nitrogen and oxygen atoms in total. The molecule has 0 amide bonds. The van der Waals surface area contributed by atoms with Crippen molar-refractivity contribution >= 4 is 6.34 Å². The van der Waals surface area contributed by atoms with Crippen LogP contribution >= 0.6 is 0 Å². The fraction of sp³-hybridized carbons (Fsp3) is 0.933. The van der Waals surface area contributed by atoms with Crippen LogP contribution in [0.25, 0.3) is 0 Å². The van der Waals surface area contributed by atoms with Crippen LogP contribution in [0.5, 0.6) is 0 Å². The van der Waals surface area contributed by atoms with Gasteiger partial charge in [0.2, 0.25) is 0 Å². The lowest BCUT2D eigenvalue weighted by molar-refractivity contribution is 0.0968. The SMILES string of the molecule is CCCCC1N(CC(C)(C)C)C=NN1CCCC. The molecule has 18 heavy (non-hydrogen) atoms. The van der Waals surface area contributed by atoms with Crippen molar-refractivity contribution in [2.24, 2.45) is 10.5 Å². The van der Waals surface area contributed by atoms with Crippen LogP contribution in [0.1, 0.15) is 66.7 Å². The van der Waals surface area contributed by atoms with Gasteiger partial charge in [-0.1, -0.05) is 47.5 Å². The maximum Gasteiger partial charge on any atom is 0.119 e. The van der Waals surface area contributed by atoms with Gasteiger partial charge in [0, 0.05) is 13.1 Å². The number of rotatable bonds is 7. The Morgan fingerprint density at radius 2 is 1.78 bits per heavy atom. The highest BCUT2D eigenvalue weighted by Gasteiger charge is 2.29. The highest BCUT2D eigenvalue weighted by Crippen LogP contribution is 2.24. The molecule has 106 valence electrons. The van der Waals surface area contributed by atoms with Gasteiger partial charge in [0.05, 0.1) is 0 Å². The summed E-state index contributed by atoms with van der Waals surface area (Å²) in [5, 5.41) is 6.90. The van der Waals surface area contributed by atoms with Crippen molar-refractivity contribution in [1.82, 2.24) is 9.91 Å². The largest absolute Gasteiger partial charge is 0.339 e. The predicted octanol–water partition coefficient (Wildman–Crippen LogP) is 3.91. The van der Waals surface area contributed by atoms with Gasteiger partial charge in [-0.2, -0.15) is 5.10 Å². The van der Waals surface area contributed by atoms with E-state index in [9.17, 15) is 0 Å². The molecule has 0 saturated carbocycles. The van der Waals surface area contributed by atoms with E-state index in [0.717, 1.165) is 13.1 Å². The number of unbranched alkanes of at least 4 members (excludes halogenated alkanes) is 2. The van der Waals surface area contributed by atoms with Gasteiger partial charge in [0.15, 0.2) is 0 Å². The molecule has 0 bridgehead atoms. The maximum absolute atomic E-state index is 4.61. The highest BCUT2D eigenvalue weighted by atomic mass is 15.6. The molecule has 0 saturated heterocycles. The van der Waals surface area contributed by atoms with Crippen molar-refractivity contribution in [3.63, 3.8) is 0 Å².